The maximum absolute atomic E-state index is 13.7. The quantitative estimate of drug-likeness (QED) is 0.858. The minimum atomic E-state index is -0.748. The van der Waals surface area contributed by atoms with Gasteiger partial charge < -0.3 is 14.7 Å². The van der Waals surface area contributed by atoms with Gasteiger partial charge in [-0.2, -0.15) is 0 Å². The number of likely N-dealkylation sites (tertiary alicyclic amines) is 1. The first-order valence-corrected chi connectivity index (χ1v) is 9.95. The molecular weight excluding hydrogens is 357 g/mol. The molecule has 0 aromatic heterocycles. The third-order valence-electron chi connectivity index (χ3n) is 6.36. The Bertz CT molecular complexity index is 853. The number of ether oxygens (including phenoxy) is 1. The van der Waals surface area contributed by atoms with Gasteiger partial charge in [0.1, 0.15) is 11.6 Å². The largest absolute Gasteiger partial charge is 0.497 e. The van der Waals surface area contributed by atoms with Crippen molar-refractivity contribution in [2.75, 3.05) is 13.7 Å². The second-order valence-corrected chi connectivity index (χ2v) is 7.93. The zero-order valence-electron chi connectivity index (χ0n) is 16.1. The first-order valence-electron chi connectivity index (χ1n) is 9.95. The summed E-state index contributed by atoms with van der Waals surface area (Å²) in [5, 5.41) is 11.3. The van der Waals surface area contributed by atoms with E-state index in [0.29, 0.717) is 18.5 Å². The van der Waals surface area contributed by atoms with Gasteiger partial charge in [-0.15, -0.1) is 0 Å². The summed E-state index contributed by atoms with van der Waals surface area (Å²) in [6, 6.07) is 13.3. The van der Waals surface area contributed by atoms with Gasteiger partial charge in [-0.3, -0.25) is 4.79 Å². The summed E-state index contributed by atoms with van der Waals surface area (Å²) in [5.41, 5.74) is 0.581. The highest BCUT2D eigenvalue weighted by atomic mass is 19.1. The number of fused-ring (bicyclic) bond motifs is 1. The smallest absolute Gasteiger partial charge is 0.254 e. The molecular formula is C23H26FNO3. The van der Waals surface area contributed by atoms with Gasteiger partial charge in [0.15, 0.2) is 0 Å². The fourth-order valence-corrected chi connectivity index (χ4v) is 4.91. The molecule has 1 aliphatic heterocycles. The lowest BCUT2D eigenvalue weighted by Gasteiger charge is -2.52. The van der Waals surface area contributed by atoms with E-state index in [1.165, 1.54) is 12.1 Å². The van der Waals surface area contributed by atoms with Crippen molar-refractivity contribution in [3.63, 3.8) is 0 Å². The van der Waals surface area contributed by atoms with Crippen molar-refractivity contribution in [1.82, 2.24) is 4.90 Å². The van der Waals surface area contributed by atoms with Crippen LogP contribution in [-0.4, -0.2) is 35.2 Å². The van der Waals surface area contributed by atoms with Crippen molar-refractivity contribution in [2.24, 2.45) is 5.92 Å². The lowest BCUT2D eigenvalue weighted by molar-refractivity contribution is -0.115. The predicted molar refractivity (Wildman–Crippen MR) is 105 cm³/mol. The van der Waals surface area contributed by atoms with Crippen molar-refractivity contribution in [3.8, 4) is 5.75 Å². The molecule has 1 saturated heterocycles. The molecule has 1 amide bonds. The molecule has 1 aliphatic carbocycles. The molecule has 148 valence electrons. The van der Waals surface area contributed by atoms with Gasteiger partial charge in [-0.05, 0) is 55.2 Å². The number of benzene rings is 2. The predicted octanol–water partition coefficient (Wildman–Crippen LogP) is 4.34. The second kappa shape index (κ2) is 7.55. The van der Waals surface area contributed by atoms with Crippen LogP contribution < -0.4 is 4.74 Å². The highest BCUT2D eigenvalue weighted by molar-refractivity contribution is 5.94. The van der Waals surface area contributed by atoms with Crippen molar-refractivity contribution in [1.29, 1.82) is 0 Å². The zero-order valence-corrected chi connectivity index (χ0v) is 16.1. The fraction of sp³-hybridized carbons (Fsp3) is 0.435. The van der Waals surface area contributed by atoms with E-state index < -0.39 is 11.4 Å². The molecule has 0 spiro atoms. The van der Waals surface area contributed by atoms with Crippen LogP contribution in [0.2, 0.25) is 0 Å². The molecule has 2 fully saturated rings. The minimum Gasteiger partial charge on any atom is -0.497 e. The molecule has 2 aromatic carbocycles. The number of piperidine rings is 1. The number of rotatable bonds is 3. The van der Waals surface area contributed by atoms with Crippen LogP contribution in [0.1, 0.15) is 54.1 Å². The first-order chi connectivity index (χ1) is 13.5. The molecule has 5 heteroatoms. The van der Waals surface area contributed by atoms with Gasteiger partial charge >= 0.3 is 0 Å². The van der Waals surface area contributed by atoms with E-state index in [9.17, 15) is 14.3 Å². The van der Waals surface area contributed by atoms with Crippen molar-refractivity contribution in [3.05, 3.63) is 65.5 Å². The van der Waals surface area contributed by atoms with Crippen molar-refractivity contribution in [2.45, 2.75) is 43.7 Å². The Labute approximate surface area is 164 Å². The molecule has 4 rings (SSSR count). The van der Waals surface area contributed by atoms with Gasteiger partial charge in [-0.25, -0.2) is 4.39 Å². The Kier molecular flexibility index (Phi) is 5.11. The van der Waals surface area contributed by atoms with Crippen molar-refractivity contribution >= 4 is 5.91 Å². The molecule has 28 heavy (non-hydrogen) atoms. The van der Waals surface area contributed by atoms with Crippen LogP contribution in [0.5, 0.6) is 5.75 Å². The molecule has 0 radical (unpaired) electrons. The van der Waals surface area contributed by atoms with Crippen LogP contribution in [0.15, 0.2) is 48.5 Å². The first kappa shape index (κ1) is 18.9. The number of aliphatic hydroxyl groups is 1. The normalized spacial score (nSPS) is 27.2. The van der Waals surface area contributed by atoms with E-state index >= 15 is 0 Å². The van der Waals surface area contributed by atoms with E-state index in [0.717, 1.165) is 37.0 Å². The topological polar surface area (TPSA) is 49.8 Å². The highest BCUT2D eigenvalue weighted by Crippen LogP contribution is 2.49. The summed E-state index contributed by atoms with van der Waals surface area (Å²) in [6.45, 7) is 0.457. The molecule has 1 saturated carbocycles. The lowest BCUT2D eigenvalue weighted by atomic mass is 9.66. The Morgan fingerprint density at radius 1 is 1.18 bits per heavy atom. The van der Waals surface area contributed by atoms with Gasteiger partial charge in [0.2, 0.25) is 0 Å². The van der Waals surface area contributed by atoms with Crippen LogP contribution in [0, 0.1) is 11.7 Å². The third kappa shape index (κ3) is 3.39. The summed E-state index contributed by atoms with van der Waals surface area (Å²) >= 11 is 0. The number of amides is 1. The Morgan fingerprint density at radius 3 is 2.68 bits per heavy atom. The van der Waals surface area contributed by atoms with E-state index in [4.69, 9.17) is 4.74 Å². The van der Waals surface area contributed by atoms with E-state index in [1.54, 1.807) is 19.2 Å². The van der Waals surface area contributed by atoms with Crippen LogP contribution >= 0.6 is 0 Å². The molecule has 0 unspecified atom stereocenters. The molecule has 1 N–H and O–H groups in total. The molecule has 0 bridgehead atoms. The number of hydrogen-bond donors (Lipinski definition) is 1. The lowest BCUT2D eigenvalue weighted by Crippen LogP contribution is -2.56. The zero-order chi connectivity index (χ0) is 19.7. The molecule has 1 heterocycles. The van der Waals surface area contributed by atoms with Crippen LogP contribution in [0.3, 0.4) is 0 Å². The highest BCUT2D eigenvalue weighted by Gasteiger charge is 2.50. The monoisotopic (exact) mass is 383 g/mol. The van der Waals surface area contributed by atoms with Gasteiger partial charge in [-0.1, -0.05) is 31.0 Å². The number of carbonyl (C=O) groups is 1. The van der Waals surface area contributed by atoms with E-state index in [2.05, 4.69) is 0 Å². The standard InChI is InChI=1S/C23H26FNO3/c1-28-19-10-8-16(9-11-19)21-20-7-2-3-12-23(20,27)13-14-25(21)22(26)17-5-4-6-18(24)15-17/h4-6,8-11,15,20-21,27H,2-3,7,12-14H2,1H3/t20-,21+,23+/m1/s1. The average Bonchev–Trinajstić information content (AvgIpc) is 2.72. The van der Waals surface area contributed by atoms with Crippen LogP contribution in [0.4, 0.5) is 4.39 Å². The van der Waals surface area contributed by atoms with Crippen LogP contribution in [0.25, 0.3) is 0 Å². The fourth-order valence-electron chi connectivity index (χ4n) is 4.91. The summed E-state index contributed by atoms with van der Waals surface area (Å²) in [6.07, 6.45) is 4.26. The second-order valence-electron chi connectivity index (χ2n) is 7.93. The van der Waals surface area contributed by atoms with E-state index in [1.807, 2.05) is 29.2 Å². The summed E-state index contributed by atoms with van der Waals surface area (Å²) in [7, 11) is 1.62. The van der Waals surface area contributed by atoms with Gasteiger partial charge in [0.25, 0.3) is 5.91 Å². The SMILES string of the molecule is COc1ccc([C@H]2[C@H]3CCCC[C@]3(O)CCN2C(=O)c2cccc(F)c2)cc1. The van der Waals surface area contributed by atoms with Gasteiger partial charge in [0.05, 0.1) is 18.8 Å². The average molecular weight is 383 g/mol. The Hall–Kier alpha value is -2.40. The number of nitrogens with zero attached hydrogens (tertiary/aromatic N) is 1. The summed E-state index contributed by atoms with van der Waals surface area (Å²) < 4.78 is 19.0. The van der Waals surface area contributed by atoms with E-state index in [-0.39, 0.29) is 17.9 Å². The molecule has 3 atom stereocenters. The number of carbonyl (C=O) groups excluding carboxylic acids is 1. The minimum absolute atomic E-state index is 0.0269. The number of methoxy groups -OCH3 is 1. The number of halogens is 1. The summed E-state index contributed by atoms with van der Waals surface area (Å²) in [4.78, 5) is 15.1. The molecule has 4 nitrogen and oxygen atoms in total. The van der Waals surface area contributed by atoms with Crippen molar-refractivity contribution < 1.29 is 19.0 Å². The maximum Gasteiger partial charge on any atom is 0.254 e. The van der Waals surface area contributed by atoms with Gasteiger partial charge in [0, 0.05) is 18.0 Å². The summed E-state index contributed by atoms with van der Waals surface area (Å²) in [5.74, 6) is 0.119. The molecule has 2 aliphatic rings. The number of hydrogen-bond acceptors (Lipinski definition) is 3. The third-order valence-corrected chi connectivity index (χ3v) is 6.36. The Balaban J connectivity index is 1.74. The molecule has 2 aromatic rings. The Morgan fingerprint density at radius 2 is 1.96 bits per heavy atom. The maximum atomic E-state index is 13.7. The van der Waals surface area contributed by atoms with Crippen LogP contribution in [-0.2, 0) is 0 Å².